The molecule has 0 unspecified atom stereocenters. The number of aromatic nitrogens is 2. The van der Waals surface area contributed by atoms with E-state index in [9.17, 15) is 0 Å². The molecule has 1 heterocycles. The topological polar surface area (TPSA) is 70.0 Å². The summed E-state index contributed by atoms with van der Waals surface area (Å²) in [5, 5.41) is 3.31. The van der Waals surface area contributed by atoms with E-state index in [4.69, 9.17) is 5.73 Å². The molecule has 1 aromatic carbocycles. The van der Waals surface area contributed by atoms with Crippen molar-refractivity contribution in [1.82, 2.24) is 14.9 Å². The highest BCUT2D eigenvalue weighted by atomic mass is 15.1. The van der Waals surface area contributed by atoms with Crippen LogP contribution in [0, 0.1) is 0 Å². The summed E-state index contributed by atoms with van der Waals surface area (Å²) in [5.41, 5.74) is 8.41. The first-order valence-electron chi connectivity index (χ1n) is 6.75. The molecule has 0 atom stereocenters. The van der Waals surface area contributed by atoms with Crippen LogP contribution in [0.2, 0.25) is 0 Å². The molecule has 2 aromatic rings. The van der Waals surface area contributed by atoms with Gasteiger partial charge >= 0.3 is 0 Å². The Morgan fingerprint density at radius 3 is 2.95 bits per heavy atom. The van der Waals surface area contributed by atoms with Crippen molar-refractivity contribution in [3.63, 3.8) is 0 Å². The first kappa shape index (κ1) is 13.7. The Bertz CT molecular complexity index is 532. The van der Waals surface area contributed by atoms with E-state index in [2.05, 4.69) is 41.1 Å². The van der Waals surface area contributed by atoms with Crippen molar-refractivity contribution in [1.29, 1.82) is 0 Å². The normalized spacial score (nSPS) is 11.6. The second-order valence-electron chi connectivity index (χ2n) is 5.22. The van der Waals surface area contributed by atoms with Crippen molar-refractivity contribution in [2.45, 2.75) is 26.3 Å². The Morgan fingerprint density at radius 1 is 1.42 bits per heavy atom. The number of nitrogen functional groups attached to an aromatic ring is 1. The number of aromatic amines is 1. The molecule has 5 nitrogen and oxygen atoms in total. The number of fused-ring (bicyclic) bond motifs is 1. The fraction of sp³-hybridized carbons (Fsp3) is 0.500. The van der Waals surface area contributed by atoms with Crippen LogP contribution in [-0.2, 0) is 0 Å². The zero-order valence-corrected chi connectivity index (χ0v) is 11.9. The number of nitrogens with zero attached hydrogens (tertiary/aromatic N) is 2. The predicted molar refractivity (Wildman–Crippen MR) is 81.4 cm³/mol. The standard InChI is InChI=1S/C14H23N5/c1-10(2)19(3)8-4-7-16-14-17-12-6-5-11(15)9-13(12)18-14/h5-6,9-10H,4,7-8,15H2,1-3H3,(H2,16,17,18). The number of nitrogens with one attached hydrogen (secondary N) is 2. The number of benzene rings is 1. The van der Waals surface area contributed by atoms with Gasteiger partial charge in [-0.25, -0.2) is 4.98 Å². The average molecular weight is 261 g/mol. The van der Waals surface area contributed by atoms with E-state index in [1.807, 2.05) is 18.2 Å². The third-order valence-corrected chi connectivity index (χ3v) is 3.37. The molecule has 0 spiro atoms. The predicted octanol–water partition coefficient (Wildman–Crippen LogP) is 2.29. The Morgan fingerprint density at radius 2 is 2.21 bits per heavy atom. The summed E-state index contributed by atoms with van der Waals surface area (Å²) in [6.07, 6.45) is 1.09. The minimum atomic E-state index is 0.592. The first-order valence-corrected chi connectivity index (χ1v) is 6.75. The molecule has 0 saturated carbocycles. The number of anilines is 2. The molecule has 1 aromatic heterocycles. The fourth-order valence-corrected chi connectivity index (χ4v) is 1.90. The van der Waals surface area contributed by atoms with Crippen LogP contribution < -0.4 is 11.1 Å². The molecular weight excluding hydrogens is 238 g/mol. The third-order valence-electron chi connectivity index (χ3n) is 3.37. The van der Waals surface area contributed by atoms with Gasteiger partial charge in [0.25, 0.3) is 0 Å². The van der Waals surface area contributed by atoms with E-state index < -0.39 is 0 Å². The maximum Gasteiger partial charge on any atom is 0.201 e. The number of hydrogen-bond donors (Lipinski definition) is 3. The molecule has 104 valence electrons. The molecule has 0 fully saturated rings. The number of imidazole rings is 1. The van der Waals surface area contributed by atoms with Gasteiger partial charge in [-0.2, -0.15) is 0 Å². The SMILES string of the molecule is CC(C)N(C)CCCNc1nc2ccc(N)cc2[nH]1. The molecule has 2 rings (SSSR count). The Kier molecular flexibility index (Phi) is 4.27. The zero-order valence-electron chi connectivity index (χ0n) is 11.9. The lowest BCUT2D eigenvalue weighted by atomic mass is 10.3. The highest BCUT2D eigenvalue weighted by Gasteiger charge is 2.04. The minimum Gasteiger partial charge on any atom is -0.399 e. The molecule has 0 amide bonds. The van der Waals surface area contributed by atoms with Gasteiger partial charge in [-0.3, -0.25) is 0 Å². The highest BCUT2D eigenvalue weighted by Crippen LogP contribution is 2.16. The van der Waals surface area contributed by atoms with Crippen molar-refractivity contribution in [2.75, 3.05) is 31.2 Å². The van der Waals surface area contributed by atoms with Gasteiger partial charge in [-0.15, -0.1) is 0 Å². The summed E-state index contributed by atoms with van der Waals surface area (Å²) in [6.45, 7) is 6.40. The zero-order chi connectivity index (χ0) is 13.8. The molecule has 19 heavy (non-hydrogen) atoms. The first-order chi connectivity index (χ1) is 9.06. The van der Waals surface area contributed by atoms with E-state index in [1.165, 1.54) is 0 Å². The van der Waals surface area contributed by atoms with Gasteiger partial charge in [-0.1, -0.05) is 0 Å². The van der Waals surface area contributed by atoms with Crippen LogP contribution in [0.5, 0.6) is 0 Å². The van der Waals surface area contributed by atoms with E-state index in [0.717, 1.165) is 42.2 Å². The van der Waals surface area contributed by atoms with Gasteiger partial charge < -0.3 is 20.9 Å². The number of rotatable bonds is 6. The lowest BCUT2D eigenvalue weighted by molar-refractivity contribution is 0.273. The smallest absolute Gasteiger partial charge is 0.201 e. The lowest BCUT2D eigenvalue weighted by Crippen LogP contribution is -2.28. The Hall–Kier alpha value is -1.75. The minimum absolute atomic E-state index is 0.592. The van der Waals surface area contributed by atoms with E-state index in [1.54, 1.807) is 0 Å². The Labute approximate surface area is 114 Å². The molecule has 0 radical (unpaired) electrons. The largest absolute Gasteiger partial charge is 0.399 e. The van der Waals surface area contributed by atoms with Gasteiger partial charge in [0.1, 0.15) is 0 Å². The summed E-state index contributed by atoms with van der Waals surface area (Å²) in [7, 11) is 2.15. The van der Waals surface area contributed by atoms with Crippen molar-refractivity contribution in [3.05, 3.63) is 18.2 Å². The summed E-state index contributed by atoms with van der Waals surface area (Å²) in [6, 6.07) is 6.29. The van der Waals surface area contributed by atoms with Crippen LogP contribution >= 0.6 is 0 Å². The van der Waals surface area contributed by atoms with Gasteiger partial charge in [0.2, 0.25) is 5.95 Å². The summed E-state index contributed by atoms with van der Waals surface area (Å²) in [4.78, 5) is 10.0. The van der Waals surface area contributed by atoms with Gasteiger partial charge in [0, 0.05) is 18.3 Å². The quantitative estimate of drug-likeness (QED) is 0.551. The van der Waals surface area contributed by atoms with Crippen LogP contribution in [0.25, 0.3) is 11.0 Å². The van der Waals surface area contributed by atoms with Crippen LogP contribution in [0.15, 0.2) is 18.2 Å². The van der Waals surface area contributed by atoms with Crippen molar-refractivity contribution in [2.24, 2.45) is 0 Å². The molecule has 0 aliphatic rings. The molecule has 0 bridgehead atoms. The van der Waals surface area contributed by atoms with Crippen LogP contribution in [0.4, 0.5) is 11.6 Å². The van der Waals surface area contributed by atoms with Crippen molar-refractivity contribution < 1.29 is 0 Å². The van der Waals surface area contributed by atoms with Gasteiger partial charge in [0.15, 0.2) is 0 Å². The van der Waals surface area contributed by atoms with E-state index >= 15 is 0 Å². The van der Waals surface area contributed by atoms with Gasteiger partial charge in [0.05, 0.1) is 11.0 Å². The summed E-state index contributed by atoms with van der Waals surface area (Å²) < 4.78 is 0. The van der Waals surface area contributed by atoms with Crippen LogP contribution in [0.3, 0.4) is 0 Å². The van der Waals surface area contributed by atoms with Crippen molar-refractivity contribution in [3.8, 4) is 0 Å². The monoisotopic (exact) mass is 261 g/mol. The maximum atomic E-state index is 5.74. The second kappa shape index (κ2) is 5.93. The number of H-pyrrole nitrogens is 1. The molecular formula is C14H23N5. The number of hydrogen-bond acceptors (Lipinski definition) is 4. The maximum absolute atomic E-state index is 5.74. The molecule has 0 aliphatic carbocycles. The third kappa shape index (κ3) is 3.61. The molecule has 4 N–H and O–H groups in total. The molecule has 5 heteroatoms. The average Bonchev–Trinajstić information content (AvgIpc) is 2.75. The summed E-state index contributed by atoms with van der Waals surface area (Å²) in [5.74, 6) is 0.813. The lowest BCUT2D eigenvalue weighted by Gasteiger charge is -2.20. The van der Waals surface area contributed by atoms with E-state index in [-0.39, 0.29) is 0 Å². The molecule has 0 saturated heterocycles. The van der Waals surface area contributed by atoms with Crippen LogP contribution in [0.1, 0.15) is 20.3 Å². The van der Waals surface area contributed by atoms with Gasteiger partial charge in [-0.05, 0) is 52.1 Å². The van der Waals surface area contributed by atoms with Crippen molar-refractivity contribution >= 4 is 22.7 Å². The fourth-order valence-electron chi connectivity index (χ4n) is 1.90. The number of nitrogens with two attached hydrogens (primary N) is 1. The Balaban J connectivity index is 1.85. The van der Waals surface area contributed by atoms with E-state index in [0.29, 0.717) is 6.04 Å². The second-order valence-corrected chi connectivity index (χ2v) is 5.22. The van der Waals surface area contributed by atoms with Crippen LogP contribution in [-0.4, -0.2) is 41.0 Å². The summed E-state index contributed by atoms with van der Waals surface area (Å²) >= 11 is 0. The highest BCUT2D eigenvalue weighted by molar-refractivity contribution is 5.80. The molecule has 0 aliphatic heterocycles.